The summed E-state index contributed by atoms with van der Waals surface area (Å²) in [6, 6.07) is 1.33. The Morgan fingerprint density at radius 1 is 1.42 bits per heavy atom. The van der Waals surface area contributed by atoms with Crippen LogP contribution in [0.25, 0.3) is 0 Å². The Balaban J connectivity index is 3.28. The summed E-state index contributed by atoms with van der Waals surface area (Å²) >= 11 is 1.46. The van der Waals surface area contributed by atoms with Gasteiger partial charge >= 0.3 is 0 Å². The SMILES string of the molecule is CSCC(C)N(C)S(=O)(=O)c1cc(N)cc(F)c1F. The van der Waals surface area contributed by atoms with E-state index in [0.29, 0.717) is 5.75 Å². The number of hydrogen-bond acceptors (Lipinski definition) is 4. The maximum absolute atomic E-state index is 13.6. The smallest absolute Gasteiger partial charge is 0.246 e. The molecule has 19 heavy (non-hydrogen) atoms. The van der Waals surface area contributed by atoms with Crippen molar-refractivity contribution < 1.29 is 17.2 Å². The first-order chi connectivity index (χ1) is 8.71. The summed E-state index contributed by atoms with van der Waals surface area (Å²) in [5, 5.41) is 0. The van der Waals surface area contributed by atoms with Crippen LogP contribution in [0.15, 0.2) is 17.0 Å². The zero-order valence-corrected chi connectivity index (χ0v) is 12.5. The van der Waals surface area contributed by atoms with Crippen LogP contribution in [0, 0.1) is 11.6 Å². The highest BCUT2D eigenvalue weighted by Gasteiger charge is 2.29. The van der Waals surface area contributed by atoms with E-state index in [2.05, 4.69) is 0 Å². The zero-order valence-electron chi connectivity index (χ0n) is 10.9. The third kappa shape index (κ3) is 3.37. The summed E-state index contributed by atoms with van der Waals surface area (Å²) in [4.78, 5) is -0.736. The lowest BCUT2D eigenvalue weighted by Crippen LogP contribution is -2.37. The zero-order chi connectivity index (χ0) is 14.8. The number of nitrogen functional groups attached to an aromatic ring is 1. The summed E-state index contributed by atoms with van der Waals surface area (Å²) in [6.07, 6.45) is 1.83. The number of sulfonamides is 1. The molecule has 0 fully saturated rings. The highest BCUT2D eigenvalue weighted by atomic mass is 32.2. The van der Waals surface area contributed by atoms with Crippen molar-refractivity contribution in [2.75, 3.05) is 24.8 Å². The molecule has 1 unspecified atom stereocenters. The Labute approximate surface area is 116 Å². The molecule has 0 heterocycles. The molecule has 0 bridgehead atoms. The number of anilines is 1. The van der Waals surface area contributed by atoms with Crippen molar-refractivity contribution in [1.82, 2.24) is 4.31 Å². The van der Waals surface area contributed by atoms with Gasteiger partial charge in [-0.2, -0.15) is 16.1 Å². The van der Waals surface area contributed by atoms with E-state index < -0.39 is 26.6 Å². The molecule has 0 radical (unpaired) electrons. The molecule has 108 valence electrons. The topological polar surface area (TPSA) is 63.4 Å². The summed E-state index contributed by atoms with van der Waals surface area (Å²) in [5.41, 5.74) is 5.23. The predicted octanol–water partition coefficient (Wildman–Crippen LogP) is 1.92. The van der Waals surface area contributed by atoms with Crippen LogP contribution in [0.3, 0.4) is 0 Å². The molecule has 0 amide bonds. The number of rotatable bonds is 5. The van der Waals surface area contributed by atoms with Crippen LogP contribution in [-0.4, -0.2) is 37.8 Å². The molecule has 8 heteroatoms. The number of thioether (sulfide) groups is 1. The second-order valence-corrected chi connectivity index (χ2v) is 7.02. The Morgan fingerprint density at radius 3 is 2.53 bits per heavy atom. The van der Waals surface area contributed by atoms with Crippen molar-refractivity contribution in [3.8, 4) is 0 Å². The molecular formula is C11H16F2N2O2S2. The minimum Gasteiger partial charge on any atom is -0.399 e. The second kappa shape index (κ2) is 6.06. The molecular weight excluding hydrogens is 294 g/mol. The molecule has 4 nitrogen and oxygen atoms in total. The highest BCUT2D eigenvalue weighted by molar-refractivity contribution is 7.98. The van der Waals surface area contributed by atoms with Gasteiger partial charge in [0.15, 0.2) is 11.6 Å². The van der Waals surface area contributed by atoms with E-state index in [1.807, 2.05) is 6.26 Å². The number of nitrogens with two attached hydrogens (primary N) is 1. The molecule has 1 atom stereocenters. The van der Waals surface area contributed by atoms with Crippen molar-refractivity contribution >= 4 is 27.5 Å². The highest BCUT2D eigenvalue weighted by Crippen LogP contribution is 2.25. The van der Waals surface area contributed by atoms with Crippen LogP contribution >= 0.6 is 11.8 Å². The van der Waals surface area contributed by atoms with Gasteiger partial charge in [0.2, 0.25) is 10.0 Å². The van der Waals surface area contributed by atoms with Crippen molar-refractivity contribution in [3.05, 3.63) is 23.8 Å². The molecule has 0 spiro atoms. The minimum absolute atomic E-state index is 0.136. The molecule has 0 aliphatic carbocycles. The lowest BCUT2D eigenvalue weighted by molar-refractivity contribution is 0.407. The molecule has 0 aliphatic heterocycles. The van der Waals surface area contributed by atoms with Gasteiger partial charge in [0.25, 0.3) is 0 Å². The fraction of sp³-hybridized carbons (Fsp3) is 0.455. The van der Waals surface area contributed by atoms with E-state index in [0.717, 1.165) is 16.4 Å². The fourth-order valence-corrected chi connectivity index (χ4v) is 3.78. The Hall–Kier alpha value is -0.860. The third-order valence-corrected chi connectivity index (χ3v) is 5.49. The number of halogens is 2. The van der Waals surface area contributed by atoms with Crippen LogP contribution < -0.4 is 5.73 Å². The fourth-order valence-electron chi connectivity index (χ4n) is 1.51. The quantitative estimate of drug-likeness (QED) is 0.844. The Kier molecular flexibility index (Phi) is 5.17. The third-order valence-electron chi connectivity index (χ3n) is 2.70. The van der Waals surface area contributed by atoms with Gasteiger partial charge in [-0.05, 0) is 25.3 Å². The van der Waals surface area contributed by atoms with Crippen molar-refractivity contribution in [2.24, 2.45) is 0 Å². The van der Waals surface area contributed by atoms with Crippen LogP contribution in [0.5, 0.6) is 0 Å². The standard InChI is InChI=1S/C11H16F2N2O2S2/c1-7(6-18-3)15(2)19(16,17)10-5-8(14)4-9(12)11(10)13/h4-5,7H,6,14H2,1-3H3. The number of nitrogens with zero attached hydrogens (tertiary/aromatic N) is 1. The van der Waals surface area contributed by atoms with Gasteiger partial charge in [-0.1, -0.05) is 0 Å². The van der Waals surface area contributed by atoms with E-state index in [9.17, 15) is 17.2 Å². The lowest BCUT2D eigenvalue weighted by atomic mass is 10.3. The number of hydrogen-bond donors (Lipinski definition) is 1. The van der Waals surface area contributed by atoms with Gasteiger partial charge in [0, 0.05) is 24.5 Å². The summed E-state index contributed by atoms with van der Waals surface area (Å²) in [5.74, 6) is -2.14. The first kappa shape index (κ1) is 16.2. The largest absolute Gasteiger partial charge is 0.399 e. The Bertz CT molecular complexity index is 564. The van der Waals surface area contributed by atoms with Crippen LogP contribution in [0.4, 0.5) is 14.5 Å². The maximum Gasteiger partial charge on any atom is 0.246 e. The first-order valence-electron chi connectivity index (χ1n) is 5.43. The molecule has 0 aromatic heterocycles. The van der Waals surface area contributed by atoms with E-state index in [1.165, 1.54) is 18.8 Å². The first-order valence-corrected chi connectivity index (χ1v) is 8.26. The molecule has 1 rings (SSSR count). The van der Waals surface area contributed by atoms with E-state index in [4.69, 9.17) is 5.73 Å². The molecule has 0 saturated heterocycles. The summed E-state index contributed by atoms with van der Waals surface area (Å²) in [7, 11) is -2.78. The van der Waals surface area contributed by atoms with Crippen molar-refractivity contribution in [1.29, 1.82) is 0 Å². The van der Waals surface area contributed by atoms with Crippen LogP contribution in [0.1, 0.15) is 6.92 Å². The summed E-state index contributed by atoms with van der Waals surface area (Å²) in [6.45, 7) is 1.69. The molecule has 2 N–H and O–H groups in total. The normalized spacial score (nSPS) is 13.8. The lowest BCUT2D eigenvalue weighted by Gasteiger charge is -2.24. The molecule has 1 aromatic rings. The van der Waals surface area contributed by atoms with E-state index in [-0.39, 0.29) is 11.7 Å². The van der Waals surface area contributed by atoms with Crippen molar-refractivity contribution in [3.63, 3.8) is 0 Å². The van der Waals surface area contributed by atoms with Crippen LogP contribution in [0.2, 0.25) is 0 Å². The van der Waals surface area contributed by atoms with Gasteiger partial charge < -0.3 is 5.73 Å². The van der Waals surface area contributed by atoms with Gasteiger partial charge in [-0.3, -0.25) is 0 Å². The van der Waals surface area contributed by atoms with E-state index in [1.54, 1.807) is 6.92 Å². The van der Waals surface area contributed by atoms with Gasteiger partial charge in [0.05, 0.1) is 0 Å². The molecule has 0 aliphatic rings. The average Bonchev–Trinajstić information content (AvgIpc) is 2.32. The maximum atomic E-state index is 13.6. The average molecular weight is 310 g/mol. The van der Waals surface area contributed by atoms with Crippen LogP contribution in [-0.2, 0) is 10.0 Å². The summed E-state index contributed by atoms with van der Waals surface area (Å²) < 4.78 is 52.4. The van der Waals surface area contributed by atoms with E-state index >= 15 is 0 Å². The predicted molar refractivity (Wildman–Crippen MR) is 73.6 cm³/mol. The van der Waals surface area contributed by atoms with Gasteiger partial charge in [-0.15, -0.1) is 0 Å². The van der Waals surface area contributed by atoms with Gasteiger partial charge in [-0.25, -0.2) is 17.2 Å². The second-order valence-electron chi connectivity index (χ2n) is 4.14. The molecule has 0 saturated carbocycles. The van der Waals surface area contributed by atoms with Crippen molar-refractivity contribution in [2.45, 2.75) is 17.9 Å². The monoisotopic (exact) mass is 310 g/mol. The number of benzene rings is 1. The minimum atomic E-state index is -4.11. The van der Waals surface area contributed by atoms with Gasteiger partial charge in [0.1, 0.15) is 4.90 Å². The Morgan fingerprint density at radius 2 is 2.00 bits per heavy atom. The molecule has 1 aromatic carbocycles.